The van der Waals surface area contributed by atoms with Crippen LogP contribution >= 0.6 is 0 Å². The van der Waals surface area contributed by atoms with Crippen LogP contribution < -0.4 is 10.6 Å². The fourth-order valence-electron chi connectivity index (χ4n) is 1.82. The average molecular weight is 274 g/mol. The van der Waals surface area contributed by atoms with E-state index in [0.29, 0.717) is 12.5 Å². The van der Waals surface area contributed by atoms with Crippen LogP contribution in [0.25, 0.3) is 10.9 Å². The van der Waals surface area contributed by atoms with Gasteiger partial charge in [0.2, 0.25) is 5.95 Å². The third-order valence-corrected chi connectivity index (χ3v) is 3.17. The van der Waals surface area contributed by atoms with Gasteiger partial charge in [-0.2, -0.15) is 4.98 Å². The molecule has 0 atom stereocenters. The van der Waals surface area contributed by atoms with Crippen LogP contribution in [-0.2, 0) is 4.74 Å². The zero-order valence-electron chi connectivity index (χ0n) is 12.5. The number of benzene rings is 1. The van der Waals surface area contributed by atoms with Gasteiger partial charge in [-0.05, 0) is 32.9 Å². The maximum absolute atomic E-state index is 5.43. The smallest absolute Gasteiger partial charge is 0.225 e. The number of ether oxygens (including phenoxy) is 1. The van der Waals surface area contributed by atoms with Crippen molar-refractivity contribution in [1.29, 1.82) is 0 Å². The normalized spacial score (nSPS) is 11.6. The van der Waals surface area contributed by atoms with Gasteiger partial charge in [0.15, 0.2) is 0 Å². The summed E-state index contributed by atoms with van der Waals surface area (Å²) in [7, 11) is 1.71. The molecule has 0 bridgehead atoms. The molecule has 0 aliphatic rings. The van der Waals surface area contributed by atoms with Gasteiger partial charge in [-0.15, -0.1) is 0 Å². The number of aromatic nitrogens is 2. The molecule has 2 rings (SSSR count). The summed E-state index contributed by atoms with van der Waals surface area (Å²) in [5, 5.41) is 7.53. The van der Waals surface area contributed by atoms with E-state index in [4.69, 9.17) is 4.74 Å². The van der Waals surface area contributed by atoms with Gasteiger partial charge in [-0.1, -0.05) is 12.1 Å². The van der Waals surface area contributed by atoms with Gasteiger partial charge in [-0.3, -0.25) is 0 Å². The minimum Gasteiger partial charge on any atom is -0.377 e. The first kappa shape index (κ1) is 14.5. The second-order valence-electron chi connectivity index (χ2n) is 5.26. The molecule has 0 unspecified atom stereocenters. The molecule has 1 aromatic carbocycles. The van der Waals surface area contributed by atoms with Crippen molar-refractivity contribution in [3.8, 4) is 0 Å². The molecule has 1 heterocycles. The zero-order valence-corrected chi connectivity index (χ0v) is 12.5. The van der Waals surface area contributed by atoms with Gasteiger partial charge >= 0.3 is 0 Å². The fraction of sp³-hybridized carbons (Fsp3) is 0.467. The van der Waals surface area contributed by atoms with Gasteiger partial charge in [0.25, 0.3) is 0 Å². The number of nitrogens with one attached hydrogen (secondary N) is 2. The lowest BCUT2D eigenvalue weighted by atomic mass is 10.1. The summed E-state index contributed by atoms with van der Waals surface area (Å²) in [5.41, 5.74) is 0.681. The Balaban J connectivity index is 2.34. The van der Waals surface area contributed by atoms with E-state index in [0.717, 1.165) is 23.3 Å². The number of hydrogen-bond acceptors (Lipinski definition) is 5. The fourth-order valence-corrected chi connectivity index (χ4v) is 1.82. The summed E-state index contributed by atoms with van der Waals surface area (Å²) < 4.78 is 5.43. The standard InChI is InChI=1S/C15H22N4O/c1-5-16-14-18-12-9-7-6-8-11(12)13(19-14)17-10-15(2,3)20-4/h6-9H,5,10H2,1-4H3,(H2,16,17,18,19). The van der Waals surface area contributed by atoms with Crippen LogP contribution in [0.1, 0.15) is 20.8 Å². The van der Waals surface area contributed by atoms with E-state index in [2.05, 4.69) is 20.6 Å². The number of anilines is 2. The lowest BCUT2D eigenvalue weighted by Gasteiger charge is -2.24. The van der Waals surface area contributed by atoms with Gasteiger partial charge in [0.1, 0.15) is 5.82 Å². The summed E-state index contributed by atoms with van der Waals surface area (Å²) in [5.74, 6) is 1.47. The molecule has 0 saturated carbocycles. The Labute approximate surface area is 119 Å². The third-order valence-electron chi connectivity index (χ3n) is 3.17. The lowest BCUT2D eigenvalue weighted by molar-refractivity contribution is 0.0343. The maximum Gasteiger partial charge on any atom is 0.225 e. The molecule has 0 amide bonds. The molecule has 1 aromatic heterocycles. The predicted molar refractivity (Wildman–Crippen MR) is 83.3 cm³/mol. The number of para-hydroxylation sites is 1. The van der Waals surface area contributed by atoms with E-state index in [1.54, 1.807) is 7.11 Å². The Morgan fingerprint density at radius 3 is 2.60 bits per heavy atom. The van der Waals surface area contributed by atoms with E-state index in [9.17, 15) is 0 Å². The Hall–Kier alpha value is -1.88. The first-order valence-electron chi connectivity index (χ1n) is 6.85. The molecule has 5 nitrogen and oxygen atoms in total. The van der Waals surface area contributed by atoms with Crippen molar-refractivity contribution in [3.05, 3.63) is 24.3 Å². The highest BCUT2D eigenvalue weighted by molar-refractivity contribution is 5.90. The van der Waals surface area contributed by atoms with E-state index in [1.165, 1.54) is 0 Å². The maximum atomic E-state index is 5.43. The average Bonchev–Trinajstić information content (AvgIpc) is 2.45. The van der Waals surface area contributed by atoms with Crippen LogP contribution in [0.4, 0.5) is 11.8 Å². The molecular formula is C15H22N4O. The van der Waals surface area contributed by atoms with Crippen LogP contribution in [0.15, 0.2) is 24.3 Å². The molecule has 0 aliphatic carbocycles. The van der Waals surface area contributed by atoms with Crippen molar-refractivity contribution in [2.75, 3.05) is 30.8 Å². The predicted octanol–water partition coefficient (Wildman–Crippen LogP) is 2.90. The molecule has 0 radical (unpaired) electrons. The third kappa shape index (κ3) is 3.36. The van der Waals surface area contributed by atoms with Gasteiger partial charge in [0, 0.05) is 25.6 Å². The Bertz CT molecular complexity index is 583. The number of rotatable bonds is 6. The Kier molecular flexibility index (Phi) is 4.39. The topological polar surface area (TPSA) is 59.1 Å². The summed E-state index contributed by atoms with van der Waals surface area (Å²) in [6.45, 7) is 7.57. The zero-order chi connectivity index (χ0) is 14.6. The highest BCUT2D eigenvalue weighted by atomic mass is 16.5. The summed E-state index contributed by atoms with van der Waals surface area (Å²) in [6, 6.07) is 7.98. The lowest BCUT2D eigenvalue weighted by Crippen LogP contribution is -2.32. The van der Waals surface area contributed by atoms with Crippen molar-refractivity contribution in [3.63, 3.8) is 0 Å². The SMILES string of the molecule is CCNc1nc(NCC(C)(C)OC)c2ccccc2n1. The van der Waals surface area contributed by atoms with Crippen molar-refractivity contribution in [2.24, 2.45) is 0 Å². The van der Waals surface area contributed by atoms with Crippen LogP contribution in [-0.4, -0.2) is 35.8 Å². The van der Waals surface area contributed by atoms with Gasteiger partial charge in [0.05, 0.1) is 11.1 Å². The van der Waals surface area contributed by atoms with Gasteiger partial charge < -0.3 is 15.4 Å². The second kappa shape index (κ2) is 6.05. The van der Waals surface area contributed by atoms with E-state index < -0.39 is 0 Å². The Morgan fingerprint density at radius 1 is 1.15 bits per heavy atom. The quantitative estimate of drug-likeness (QED) is 0.848. The minimum atomic E-state index is -0.246. The van der Waals surface area contributed by atoms with Gasteiger partial charge in [-0.25, -0.2) is 4.98 Å². The number of fused-ring (bicyclic) bond motifs is 1. The monoisotopic (exact) mass is 274 g/mol. The molecule has 20 heavy (non-hydrogen) atoms. The summed E-state index contributed by atoms with van der Waals surface area (Å²) >= 11 is 0. The van der Waals surface area contributed by atoms with Crippen LogP contribution in [0, 0.1) is 0 Å². The summed E-state index contributed by atoms with van der Waals surface area (Å²) in [6.07, 6.45) is 0. The molecule has 2 N–H and O–H groups in total. The van der Waals surface area contributed by atoms with Crippen molar-refractivity contribution >= 4 is 22.7 Å². The van der Waals surface area contributed by atoms with E-state index in [-0.39, 0.29) is 5.60 Å². The van der Waals surface area contributed by atoms with Crippen molar-refractivity contribution < 1.29 is 4.74 Å². The number of nitrogens with zero attached hydrogens (tertiary/aromatic N) is 2. The number of hydrogen-bond donors (Lipinski definition) is 2. The number of methoxy groups -OCH3 is 1. The Morgan fingerprint density at radius 2 is 1.90 bits per heavy atom. The highest BCUT2D eigenvalue weighted by Gasteiger charge is 2.17. The minimum absolute atomic E-state index is 0.246. The van der Waals surface area contributed by atoms with Crippen molar-refractivity contribution in [1.82, 2.24) is 9.97 Å². The van der Waals surface area contributed by atoms with Crippen LogP contribution in [0.2, 0.25) is 0 Å². The first-order valence-corrected chi connectivity index (χ1v) is 6.85. The molecular weight excluding hydrogens is 252 g/mol. The van der Waals surface area contributed by atoms with Crippen LogP contribution in [0.3, 0.4) is 0 Å². The molecule has 0 aliphatic heterocycles. The molecule has 0 saturated heterocycles. The largest absolute Gasteiger partial charge is 0.377 e. The van der Waals surface area contributed by atoms with Crippen molar-refractivity contribution in [2.45, 2.75) is 26.4 Å². The van der Waals surface area contributed by atoms with E-state index in [1.807, 2.05) is 45.0 Å². The molecule has 0 spiro atoms. The highest BCUT2D eigenvalue weighted by Crippen LogP contribution is 2.22. The molecule has 0 fully saturated rings. The molecule has 108 valence electrons. The summed E-state index contributed by atoms with van der Waals surface area (Å²) in [4.78, 5) is 9.04. The van der Waals surface area contributed by atoms with Crippen LogP contribution in [0.5, 0.6) is 0 Å². The molecule has 5 heteroatoms. The second-order valence-corrected chi connectivity index (χ2v) is 5.26. The molecule has 2 aromatic rings. The first-order chi connectivity index (χ1) is 9.55. The van der Waals surface area contributed by atoms with E-state index >= 15 is 0 Å².